The number of piperidine rings is 1. The van der Waals surface area contributed by atoms with E-state index in [0.29, 0.717) is 11.5 Å². The lowest BCUT2D eigenvalue weighted by atomic mass is 10.00. The van der Waals surface area contributed by atoms with Crippen molar-refractivity contribution in [3.05, 3.63) is 46.3 Å². The van der Waals surface area contributed by atoms with Gasteiger partial charge in [0.05, 0.1) is 10.5 Å². The van der Waals surface area contributed by atoms with Crippen LogP contribution in [0.1, 0.15) is 43.0 Å². The minimum Gasteiger partial charge on any atom is -0.478 e. The van der Waals surface area contributed by atoms with Gasteiger partial charge in [-0.15, -0.1) is 0 Å². The smallest absolute Gasteiger partial charge is 0.353 e. The molecule has 3 rings (SSSR count). The summed E-state index contributed by atoms with van der Waals surface area (Å²) in [5, 5.41) is 23.7. The van der Waals surface area contributed by atoms with E-state index in [2.05, 4.69) is 22.2 Å². The number of nitrogens with zero attached hydrogens (tertiary/aromatic N) is 4. The van der Waals surface area contributed by atoms with Gasteiger partial charge in [0.15, 0.2) is 0 Å². The van der Waals surface area contributed by atoms with Crippen LogP contribution in [0.2, 0.25) is 0 Å². The van der Waals surface area contributed by atoms with Crippen molar-refractivity contribution in [3.63, 3.8) is 0 Å². The second-order valence-corrected chi connectivity index (χ2v) is 6.41. The first-order valence-corrected chi connectivity index (χ1v) is 8.87. The number of nitrogens with one attached hydrogen (secondary N) is 1. The fourth-order valence-electron chi connectivity index (χ4n) is 3.38. The van der Waals surface area contributed by atoms with Crippen molar-refractivity contribution in [3.8, 4) is 0 Å². The average Bonchev–Trinajstić information content (AvgIpc) is 2.68. The summed E-state index contributed by atoms with van der Waals surface area (Å²) in [5.41, 5.74) is 0.483. The van der Waals surface area contributed by atoms with Crippen LogP contribution in [0.3, 0.4) is 0 Å². The van der Waals surface area contributed by atoms with Crippen molar-refractivity contribution < 1.29 is 14.8 Å². The van der Waals surface area contributed by atoms with Crippen LogP contribution in [0, 0.1) is 10.1 Å². The topological polar surface area (TPSA) is 121 Å². The van der Waals surface area contributed by atoms with Gasteiger partial charge in [-0.25, -0.2) is 14.8 Å². The minimum absolute atomic E-state index is 0.0912. The number of nitro groups is 1. The second kappa shape index (κ2) is 7.98. The number of benzene rings is 1. The highest BCUT2D eigenvalue weighted by molar-refractivity contribution is 5.88. The van der Waals surface area contributed by atoms with E-state index in [9.17, 15) is 14.9 Å². The molecule has 0 saturated carbocycles. The average molecular weight is 371 g/mol. The highest BCUT2D eigenvalue weighted by Crippen LogP contribution is 2.36. The van der Waals surface area contributed by atoms with E-state index in [-0.39, 0.29) is 23.1 Å². The largest absolute Gasteiger partial charge is 0.478 e. The molecule has 0 radical (unpaired) electrons. The molecule has 9 heteroatoms. The normalized spacial score (nSPS) is 16.8. The Bertz CT molecular complexity index is 840. The van der Waals surface area contributed by atoms with Crippen molar-refractivity contribution in [2.24, 2.45) is 0 Å². The molecule has 1 aliphatic heterocycles. The number of aromatic carboxylic acids is 1. The van der Waals surface area contributed by atoms with E-state index >= 15 is 0 Å². The molecular weight excluding hydrogens is 350 g/mol. The van der Waals surface area contributed by atoms with Crippen molar-refractivity contribution in [2.75, 3.05) is 16.8 Å². The van der Waals surface area contributed by atoms with Crippen LogP contribution in [-0.2, 0) is 0 Å². The summed E-state index contributed by atoms with van der Waals surface area (Å²) in [4.78, 5) is 32.6. The summed E-state index contributed by atoms with van der Waals surface area (Å²) < 4.78 is 0. The molecule has 1 saturated heterocycles. The summed E-state index contributed by atoms with van der Waals surface area (Å²) in [6, 6.07) is 6.16. The van der Waals surface area contributed by atoms with Crippen molar-refractivity contribution in [1.82, 2.24) is 9.97 Å². The molecule has 27 heavy (non-hydrogen) atoms. The summed E-state index contributed by atoms with van der Waals surface area (Å²) in [5.74, 6) is -0.618. The Kier molecular flexibility index (Phi) is 5.49. The van der Waals surface area contributed by atoms with Crippen molar-refractivity contribution >= 4 is 29.0 Å². The van der Waals surface area contributed by atoms with Gasteiger partial charge in [-0.2, -0.15) is 0 Å². The molecule has 0 bridgehead atoms. The zero-order valence-corrected chi connectivity index (χ0v) is 15.0. The number of rotatable bonds is 6. The molecule has 1 atom stereocenters. The molecule has 9 nitrogen and oxygen atoms in total. The Labute approximate surface area is 156 Å². The lowest BCUT2D eigenvalue weighted by Gasteiger charge is -2.35. The van der Waals surface area contributed by atoms with Gasteiger partial charge in [0.1, 0.15) is 6.33 Å². The van der Waals surface area contributed by atoms with E-state index < -0.39 is 10.9 Å². The molecule has 0 amide bonds. The number of carboxylic acids is 1. The van der Waals surface area contributed by atoms with Crippen LogP contribution < -0.4 is 10.2 Å². The number of carboxylic acid groups (broad SMARTS) is 1. The standard InChI is InChI=1S/C18H21N5O4/c1-2-14-5-3-4-10-22(14)17-15(23(26)27)16(19-11-20-17)21-13-8-6-12(7-9-13)18(24)25/h6-9,11,14H,2-5,10H2,1H3,(H,24,25)(H,19,20,21). The Balaban J connectivity index is 1.96. The van der Waals surface area contributed by atoms with Gasteiger partial charge in [0.25, 0.3) is 0 Å². The number of aromatic nitrogens is 2. The second-order valence-electron chi connectivity index (χ2n) is 6.41. The fourth-order valence-corrected chi connectivity index (χ4v) is 3.38. The third kappa shape index (κ3) is 3.97. The van der Waals surface area contributed by atoms with E-state index in [1.807, 2.05) is 4.90 Å². The van der Waals surface area contributed by atoms with Crippen LogP contribution in [0.4, 0.5) is 23.0 Å². The lowest BCUT2D eigenvalue weighted by molar-refractivity contribution is -0.383. The number of anilines is 3. The highest BCUT2D eigenvalue weighted by atomic mass is 16.6. The van der Waals surface area contributed by atoms with E-state index in [0.717, 1.165) is 32.2 Å². The van der Waals surface area contributed by atoms with Gasteiger partial charge in [-0.05, 0) is 49.9 Å². The Morgan fingerprint density at radius 2 is 2.07 bits per heavy atom. The van der Waals surface area contributed by atoms with Crippen molar-refractivity contribution in [2.45, 2.75) is 38.6 Å². The Morgan fingerprint density at radius 1 is 1.33 bits per heavy atom. The first-order chi connectivity index (χ1) is 13.0. The van der Waals surface area contributed by atoms with Crippen molar-refractivity contribution in [1.29, 1.82) is 0 Å². The first-order valence-electron chi connectivity index (χ1n) is 8.87. The van der Waals surface area contributed by atoms with Gasteiger partial charge in [0.2, 0.25) is 11.6 Å². The maximum absolute atomic E-state index is 11.8. The molecule has 1 unspecified atom stereocenters. The van der Waals surface area contributed by atoms with Crippen LogP contribution >= 0.6 is 0 Å². The minimum atomic E-state index is -1.03. The van der Waals surface area contributed by atoms with E-state index in [4.69, 9.17) is 5.11 Å². The predicted octanol–water partition coefficient (Wildman–Crippen LogP) is 3.60. The maximum Gasteiger partial charge on any atom is 0.353 e. The number of carbonyl (C=O) groups is 1. The lowest BCUT2D eigenvalue weighted by Crippen LogP contribution is -2.40. The highest BCUT2D eigenvalue weighted by Gasteiger charge is 2.31. The molecule has 1 aliphatic rings. The van der Waals surface area contributed by atoms with E-state index in [1.54, 1.807) is 12.1 Å². The molecule has 1 aromatic heterocycles. The molecular formula is C18H21N5O4. The predicted molar refractivity (Wildman–Crippen MR) is 101 cm³/mol. The molecule has 1 aromatic carbocycles. The summed E-state index contributed by atoms with van der Waals surface area (Å²) >= 11 is 0. The Morgan fingerprint density at radius 3 is 2.70 bits per heavy atom. The van der Waals surface area contributed by atoms with Gasteiger partial charge >= 0.3 is 11.7 Å². The molecule has 142 valence electrons. The maximum atomic E-state index is 11.8. The molecule has 2 N–H and O–H groups in total. The van der Waals surface area contributed by atoms with Gasteiger partial charge < -0.3 is 15.3 Å². The molecule has 2 aromatic rings. The Hall–Kier alpha value is -3.23. The summed E-state index contributed by atoms with van der Waals surface area (Å²) in [6.45, 7) is 2.79. The molecule has 0 spiro atoms. The third-order valence-electron chi connectivity index (χ3n) is 4.75. The zero-order chi connectivity index (χ0) is 19.4. The zero-order valence-electron chi connectivity index (χ0n) is 15.0. The number of hydrogen-bond donors (Lipinski definition) is 2. The summed E-state index contributed by atoms with van der Waals surface area (Å²) in [6.07, 6.45) is 5.27. The van der Waals surface area contributed by atoms with Gasteiger partial charge in [0, 0.05) is 18.3 Å². The molecule has 0 aliphatic carbocycles. The first kappa shape index (κ1) is 18.6. The SMILES string of the molecule is CCC1CCCCN1c1ncnc(Nc2ccc(C(=O)O)cc2)c1[N+](=O)[O-]. The number of hydrogen-bond acceptors (Lipinski definition) is 7. The van der Waals surface area contributed by atoms with Crippen LogP contribution in [-0.4, -0.2) is 38.6 Å². The van der Waals surface area contributed by atoms with Crippen LogP contribution in [0.15, 0.2) is 30.6 Å². The van der Waals surface area contributed by atoms with Gasteiger partial charge in [-0.3, -0.25) is 10.1 Å². The van der Waals surface area contributed by atoms with E-state index in [1.165, 1.54) is 18.5 Å². The third-order valence-corrected chi connectivity index (χ3v) is 4.75. The molecule has 2 heterocycles. The van der Waals surface area contributed by atoms with Crippen LogP contribution in [0.5, 0.6) is 0 Å². The summed E-state index contributed by atoms with van der Waals surface area (Å²) in [7, 11) is 0. The van der Waals surface area contributed by atoms with Gasteiger partial charge in [-0.1, -0.05) is 6.92 Å². The van der Waals surface area contributed by atoms with Crippen LogP contribution in [0.25, 0.3) is 0 Å². The monoisotopic (exact) mass is 371 g/mol. The quantitative estimate of drug-likeness (QED) is 0.583. The molecule has 1 fully saturated rings. The fraction of sp³-hybridized carbons (Fsp3) is 0.389.